The Morgan fingerprint density at radius 1 is 0.630 bits per heavy atom. The lowest BCUT2D eigenvalue weighted by atomic mass is 9.95. The van der Waals surface area contributed by atoms with Crippen molar-refractivity contribution in [3.8, 4) is 22.6 Å². The molecule has 27 heavy (non-hydrogen) atoms. The Kier molecular flexibility index (Phi) is 8.27. The van der Waals surface area contributed by atoms with E-state index in [1.807, 2.05) is 0 Å². The molecule has 1 aliphatic heterocycles. The summed E-state index contributed by atoms with van der Waals surface area (Å²) >= 11 is 0. The van der Waals surface area contributed by atoms with Gasteiger partial charge in [0.1, 0.15) is 0 Å². The van der Waals surface area contributed by atoms with Crippen LogP contribution in [0.25, 0.3) is 11.1 Å². The average Bonchev–Trinajstić information content (AvgIpc) is 3.49. The third-order valence-electron chi connectivity index (χ3n) is 5.74. The molecule has 0 aliphatic carbocycles. The summed E-state index contributed by atoms with van der Waals surface area (Å²) in [4.78, 5) is 0. The lowest BCUT2D eigenvalue weighted by molar-refractivity contribution is 0.544. The second-order valence-corrected chi connectivity index (χ2v) is 8.03. The van der Waals surface area contributed by atoms with E-state index in [0.29, 0.717) is 0 Å². The fourth-order valence-corrected chi connectivity index (χ4v) is 4.06. The van der Waals surface area contributed by atoms with Crippen molar-refractivity contribution in [1.82, 2.24) is 0 Å². The molecule has 0 saturated heterocycles. The Hall–Kier alpha value is -1.76. The number of benzene rings is 2. The number of rotatable bonds is 14. The highest BCUT2D eigenvalue weighted by Crippen LogP contribution is 2.53. The SMILES string of the molecule is CCCCCCCCCCCCCCc1ccc2c(c1-c1ccccc1)O2. The Morgan fingerprint density at radius 3 is 1.85 bits per heavy atom. The van der Waals surface area contributed by atoms with Crippen LogP contribution in [0, 0.1) is 0 Å². The summed E-state index contributed by atoms with van der Waals surface area (Å²) in [5.41, 5.74) is 4.07. The van der Waals surface area contributed by atoms with Crippen molar-refractivity contribution >= 4 is 0 Å². The minimum absolute atomic E-state index is 1.06. The van der Waals surface area contributed by atoms with Crippen molar-refractivity contribution in [2.75, 3.05) is 0 Å². The van der Waals surface area contributed by atoms with E-state index in [1.54, 1.807) is 0 Å². The van der Waals surface area contributed by atoms with Gasteiger partial charge in [0.2, 0.25) is 0 Å². The number of fused-ring (bicyclic) bond motifs is 1. The first-order valence-electron chi connectivity index (χ1n) is 11.3. The van der Waals surface area contributed by atoms with E-state index in [9.17, 15) is 0 Å². The predicted octanol–water partition coefficient (Wildman–Crippen LogP) is 8.70. The first-order valence-corrected chi connectivity index (χ1v) is 11.3. The van der Waals surface area contributed by atoms with E-state index in [1.165, 1.54) is 93.7 Å². The van der Waals surface area contributed by atoms with Crippen LogP contribution in [0.2, 0.25) is 0 Å². The summed E-state index contributed by atoms with van der Waals surface area (Å²) in [6.07, 6.45) is 18.0. The summed E-state index contributed by atoms with van der Waals surface area (Å²) in [6, 6.07) is 15.1. The van der Waals surface area contributed by atoms with Crippen LogP contribution in [-0.2, 0) is 6.42 Å². The first-order chi connectivity index (χ1) is 13.4. The van der Waals surface area contributed by atoms with Crippen molar-refractivity contribution in [2.45, 2.75) is 90.4 Å². The molecule has 0 N–H and O–H groups in total. The fraction of sp³-hybridized carbons (Fsp3) is 0.538. The zero-order valence-electron chi connectivity index (χ0n) is 17.1. The molecular formula is C26H36O. The van der Waals surface area contributed by atoms with E-state index in [0.717, 1.165) is 17.9 Å². The monoisotopic (exact) mass is 364 g/mol. The molecule has 1 nitrogen and oxygen atoms in total. The molecule has 1 heterocycles. The number of ether oxygens (including phenoxy) is 1. The topological polar surface area (TPSA) is 12.5 Å². The Labute approximate surface area is 166 Å². The van der Waals surface area contributed by atoms with Crippen LogP contribution in [0.1, 0.15) is 89.5 Å². The van der Waals surface area contributed by atoms with Crippen molar-refractivity contribution < 1.29 is 4.74 Å². The molecule has 0 radical (unpaired) electrons. The standard InChI is InChI=1S/C26H36O/c1-2-3-4-5-6-7-8-9-10-11-12-14-19-23-20-21-24-26(27-24)25(23)22-17-15-13-16-18-22/h13,15-18,20-21H,2-12,14,19H2,1H3. The van der Waals surface area contributed by atoms with Gasteiger partial charge in [0, 0.05) is 5.56 Å². The predicted molar refractivity (Wildman–Crippen MR) is 117 cm³/mol. The molecule has 3 rings (SSSR count). The molecule has 2 aromatic rings. The van der Waals surface area contributed by atoms with Gasteiger partial charge in [-0.3, -0.25) is 0 Å². The number of unbranched alkanes of at least 4 members (excludes halogenated alkanes) is 11. The molecular weight excluding hydrogens is 328 g/mol. The van der Waals surface area contributed by atoms with Crippen LogP contribution in [0.15, 0.2) is 42.5 Å². The maximum absolute atomic E-state index is 5.68. The molecule has 0 fully saturated rings. The van der Waals surface area contributed by atoms with Gasteiger partial charge in [-0.1, -0.05) is 114 Å². The van der Waals surface area contributed by atoms with E-state index in [-0.39, 0.29) is 0 Å². The largest absolute Gasteiger partial charge is 0.449 e. The summed E-state index contributed by atoms with van der Waals surface area (Å²) in [6.45, 7) is 2.29. The first kappa shape index (κ1) is 20.0. The van der Waals surface area contributed by atoms with Crippen molar-refractivity contribution in [2.24, 2.45) is 0 Å². The normalized spacial score (nSPS) is 11.9. The molecule has 0 aromatic heterocycles. The minimum atomic E-state index is 1.06. The molecule has 0 unspecified atom stereocenters. The van der Waals surface area contributed by atoms with Gasteiger partial charge < -0.3 is 4.74 Å². The maximum Gasteiger partial charge on any atom is 0.178 e. The van der Waals surface area contributed by atoms with Gasteiger partial charge in [-0.25, -0.2) is 0 Å². The second-order valence-electron chi connectivity index (χ2n) is 8.03. The van der Waals surface area contributed by atoms with E-state index in [2.05, 4.69) is 49.4 Å². The van der Waals surface area contributed by atoms with Crippen LogP contribution in [0.3, 0.4) is 0 Å². The molecule has 146 valence electrons. The summed E-state index contributed by atoms with van der Waals surface area (Å²) in [5.74, 6) is 2.17. The van der Waals surface area contributed by atoms with Crippen LogP contribution in [-0.4, -0.2) is 0 Å². The van der Waals surface area contributed by atoms with Gasteiger partial charge in [0.15, 0.2) is 11.5 Å². The Morgan fingerprint density at radius 2 is 1.22 bits per heavy atom. The highest BCUT2D eigenvalue weighted by Gasteiger charge is 2.27. The van der Waals surface area contributed by atoms with E-state index in [4.69, 9.17) is 4.74 Å². The molecule has 0 bridgehead atoms. The summed E-state index contributed by atoms with van der Waals surface area (Å²) in [7, 11) is 0. The van der Waals surface area contributed by atoms with Crippen molar-refractivity contribution in [3.63, 3.8) is 0 Å². The van der Waals surface area contributed by atoms with Gasteiger partial charge in [-0.2, -0.15) is 0 Å². The molecule has 0 spiro atoms. The van der Waals surface area contributed by atoms with Gasteiger partial charge in [0.05, 0.1) is 0 Å². The third-order valence-corrected chi connectivity index (χ3v) is 5.74. The molecule has 0 atom stereocenters. The molecule has 2 aromatic carbocycles. The van der Waals surface area contributed by atoms with Gasteiger partial charge in [-0.05, 0) is 30.0 Å². The molecule has 1 aliphatic rings. The quantitative estimate of drug-likeness (QED) is 0.206. The smallest absolute Gasteiger partial charge is 0.178 e. The van der Waals surface area contributed by atoms with Crippen molar-refractivity contribution in [3.05, 3.63) is 48.0 Å². The lowest BCUT2D eigenvalue weighted by Crippen LogP contribution is -1.90. The van der Waals surface area contributed by atoms with E-state index >= 15 is 0 Å². The zero-order chi connectivity index (χ0) is 18.7. The molecule has 0 amide bonds. The fourth-order valence-electron chi connectivity index (χ4n) is 4.06. The minimum Gasteiger partial charge on any atom is -0.449 e. The van der Waals surface area contributed by atoms with Gasteiger partial charge in [-0.15, -0.1) is 0 Å². The van der Waals surface area contributed by atoms with Crippen LogP contribution >= 0.6 is 0 Å². The van der Waals surface area contributed by atoms with Gasteiger partial charge in [0.25, 0.3) is 0 Å². The Bertz CT molecular complexity index is 674. The summed E-state index contributed by atoms with van der Waals surface area (Å²) < 4.78 is 5.68. The van der Waals surface area contributed by atoms with E-state index < -0.39 is 0 Å². The molecule has 1 heteroatoms. The average molecular weight is 365 g/mol. The van der Waals surface area contributed by atoms with Crippen LogP contribution in [0.4, 0.5) is 0 Å². The van der Waals surface area contributed by atoms with Crippen LogP contribution < -0.4 is 4.74 Å². The molecule has 0 saturated carbocycles. The van der Waals surface area contributed by atoms with Gasteiger partial charge >= 0.3 is 0 Å². The highest BCUT2D eigenvalue weighted by molar-refractivity contribution is 5.82. The highest BCUT2D eigenvalue weighted by atomic mass is 16.6. The van der Waals surface area contributed by atoms with Crippen LogP contribution in [0.5, 0.6) is 11.5 Å². The zero-order valence-corrected chi connectivity index (χ0v) is 17.1. The maximum atomic E-state index is 5.68. The summed E-state index contributed by atoms with van der Waals surface area (Å²) in [5, 5.41) is 0. The Balaban J connectivity index is 1.30. The number of hydrogen-bond donors (Lipinski definition) is 0. The number of aryl methyl sites for hydroxylation is 1. The second kappa shape index (κ2) is 11.2. The number of hydrogen-bond acceptors (Lipinski definition) is 1. The third kappa shape index (κ3) is 6.41. The van der Waals surface area contributed by atoms with Crippen molar-refractivity contribution in [1.29, 1.82) is 0 Å². The lowest BCUT2D eigenvalue weighted by Gasteiger charge is -2.08.